The van der Waals surface area contributed by atoms with Crippen LogP contribution in [0, 0.1) is 18.3 Å². The number of hydrogen-bond acceptors (Lipinski definition) is 7. The Labute approximate surface area is 263 Å². The van der Waals surface area contributed by atoms with Gasteiger partial charge in [-0.2, -0.15) is 5.26 Å². The molecule has 2 amide bonds. The molecule has 4 aromatic rings. The molecule has 0 fully saturated rings. The molecule has 0 radical (unpaired) electrons. The van der Waals surface area contributed by atoms with Gasteiger partial charge in [0.1, 0.15) is 12.1 Å². The molecule has 0 bridgehead atoms. The number of methoxy groups -OCH3 is 1. The Morgan fingerprint density at radius 3 is 2.07 bits per heavy atom. The van der Waals surface area contributed by atoms with E-state index in [2.05, 4.69) is 22.2 Å². The number of nitriles is 1. The van der Waals surface area contributed by atoms with Gasteiger partial charge in [-0.25, -0.2) is 10.2 Å². The molecule has 0 spiro atoms. The van der Waals surface area contributed by atoms with Gasteiger partial charge >= 0.3 is 5.97 Å². The normalized spacial score (nSPS) is 12.0. The largest absolute Gasteiger partial charge is 0.465 e. The van der Waals surface area contributed by atoms with Crippen LogP contribution >= 0.6 is 0 Å². The third-order valence-corrected chi connectivity index (χ3v) is 7.11. The molecule has 0 aliphatic rings. The second-order valence-electron chi connectivity index (χ2n) is 10.5. The van der Waals surface area contributed by atoms with Gasteiger partial charge in [0.05, 0.1) is 37.9 Å². The van der Waals surface area contributed by atoms with E-state index in [0.29, 0.717) is 11.1 Å². The highest BCUT2D eigenvalue weighted by Crippen LogP contribution is 2.24. The van der Waals surface area contributed by atoms with Crippen molar-refractivity contribution in [2.24, 2.45) is 0 Å². The zero-order chi connectivity index (χ0) is 32.0. The minimum absolute atomic E-state index is 0.0850. The fraction of sp³-hybridized carbons (Fsp3) is 0.222. The van der Waals surface area contributed by atoms with Crippen LogP contribution in [0.25, 0.3) is 0 Å². The Bertz CT molecular complexity index is 1580. The summed E-state index contributed by atoms with van der Waals surface area (Å²) in [6.07, 6.45) is 0.258. The molecule has 4 aromatic carbocycles. The van der Waals surface area contributed by atoms with Crippen LogP contribution in [0.5, 0.6) is 0 Å². The maximum absolute atomic E-state index is 13.6. The number of hydrazine groups is 1. The first-order valence-electron chi connectivity index (χ1n) is 14.5. The van der Waals surface area contributed by atoms with Crippen LogP contribution in [0.1, 0.15) is 44.1 Å². The van der Waals surface area contributed by atoms with Gasteiger partial charge in [0.15, 0.2) is 0 Å². The lowest BCUT2D eigenvalue weighted by Gasteiger charge is -2.23. The topological polar surface area (TPSA) is 130 Å². The lowest BCUT2D eigenvalue weighted by molar-refractivity contribution is -0.126. The van der Waals surface area contributed by atoms with Crippen LogP contribution in [0.3, 0.4) is 0 Å². The van der Waals surface area contributed by atoms with Gasteiger partial charge in [0, 0.05) is 0 Å². The molecule has 9 heteroatoms. The van der Waals surface area contributed by atoms with Crippen LogP contribution in [0.15, 0.2) is 109 Å². The molecule has 3 N–H and O–H groups in total. The summed E-state index contributed by atoms with van der Waals surface area (Å²) < 4.78 is 10.5. The molecule has 0 aliphatic heterocycles. The number of carbonyl (C=O) groups excluding carboxylic acids is 3. The number of esters is 1. The van der Waals surface area contributed by atoms with Crippen LogP contribution in [-0.4, -0.2) is 43.6 Å². The van der Waals surface area contributed by atoms with Gasteiger partial charge in [0.2, 0.25) is 11.8 Å². The lowest BCUT2D eigenvalue weighted by Crippen LogP contribution is -2.55. The second kappa shape index (κ2) is 16.5. The van der Waals surface area contributed by atoms with Crippen LogP contribution < -0.4 is 16.2 Å². The Balaban J connectivity index is 1.44. The average Bonchev–Trinajstić information content (AvgIpc) is 3.07. The number of benzene rings is 4. The Kier molecular flexibility index (Phi) is 12.0. The highest BCUT2D eigenvalue weighted by Gasteiger charge is 2.26. The average molecular weight is 605 g/mol. The van der Waals surface area contributed by atoms with Crippen molar-refractivity contribution in [2.75, 3.05) is 13.7 Å². The molecular weight excluding hydrogens is 568 g/mol. The van der Waals surface area contributed by atoms with Crippen molar-refractivity contribution < 1.29 is 23.9 Å². The zero-order valence-corrected chi connectivity index (χ0v) is 25.2. The van der Waals surface area contributed by atoms with Crippen molar-refractivity contribution in [3.8, 4) is 6.07 Å². The van der Waals surface area contributed by atoms with E-state index in [1.165, 1.54) is 7.11 Å². The fourth-order valence-electron chi connectivity index (χ4n) is 4.88. The molecule has 2 atom stereocenters. The van der Waals surface area contributed by atoms with Gasteiger partial charge in [-0.05, 0) is 47.7 Å². The second-order valence-corrected chi connectivity index (χ2v) is 10.5. The van der Waals surface area contributed by atoms with E-state index in [-0.39, 0.29) is 25.5 Å². The Morgan fingerprint density at radius 1 is 0.800 bits per heavy atom. The van der Waals surface area contributed by atoms with E-state index in [0.717, 1.165) is 22.3 Å². The molecule has 0 unspecified atom stereocenters. The molecule has 0 saturated heterocycles. The number of amides is 2. The molecule has 0 saturated carbocycles. The summed E-state index contributed by atoms with van der Waals surface area (Å²) in [6, 6.07) is 33.5. The maximum Gasteiger partial charge on any atom is 0.337 e. The van der Waals surface area contributed by atoms with Crippen LogP contribution in [-0.2, 0) is 32.1 Å². The van der Waals surface area contributed by atoms with Crippen molar-refractivity contribution in [3.05, 3.63) is 143 Å². The Hall–Kier alpha value is -5.30. The van der Waals surface area contributed by atoms with E-state index in [1.54, 1.807) is 24.3 Å². The van der Waals surface area contributed by atoms with Crippen molar-refractivity contribution in [1.82, 2.24) is 16.2 Å². The number of rotatable bonds is 14. The minimum atomic E-state index is -0.958. The van der Waals surface area contributed by atoms with Crippen LogP contribution in [0.4, 0.5) is 0 Å². The summed E-state index contributed by atoms with van der Waals surface area (Å²) in [5.74, 6) is -1.88. The summed E-state index contributed by atoms with van der Waals surface area (Å²) in [5.41, 5.74) is 10.3. The summed E-state index contributed by atoms with van der Waals surface area (Å²) in [6.45, 7) is 2.00. The number of hydrogen-bond donors (Lipinski definition) is 3. The van der Waals surface area contributed by atoms with E-state index in [1.807, 2.05) is 91.9 Å². The summed E-state index contributed by atoms with van der Waals surface area (Å²) in [4.78, 5) is 39.0. The summed E-state index contributed by atoms with van der Waals surface area (Å²) >= 11 is 0. The third-order valence-electron chi connectivity index (χ3n) is 7.11. The van der Waals surface area contributed by atoms with Gasteiger partial charge in [-0.15, -0.1) is 0 Å². The van der Waals surface area contributed by atoms with E-state index >= 15 is 0 Å². The number of ether oxygens (including phenoxy) is 2. The maximum atomic E-state index is 13.6. The number of aryl methyl sites for hydroxylation is 1. The van der Waals surface area contributed by atoms with Gasteiger partial charge < -0.3 is 14.8 Å². The zero-order valence-electron chi connectivity index (χ0n) is 25.2. The predicted octanol–water partition coefficient (Wildman–Crippen LogP) is 4.37. The molecule has 0 heterocycles. The summed E-state index contributed by atoms with van der Waals surface area (Å²) in [7, 11) is 1.31. The Morgan fingerprint density at radius 2 is 1.44 bits per heavy atom. The first-order chi connectivity index (χ1) is 21.9. The molecule has 45 heavy (non-hydrogen) atoms. The van der Waals surface area contributed by atoms with Gasteiger partial charge in [-0.1, -0.05) is 103 Å². The highest BCUT2D eigenvalue weighted by molar-refractivity contribution is 5.89. The first-order valence-corrected chi connectivity index (χ1v) is 14.5. The van der Waals surface area contributed by atoms with Crippen molar-refractivity contribution >= 4 is 17.8 Å². The molecule has 9 nitrogen and oxygen atoms in total. The fourth-order valence-corrected chi connectivity index (χ4v) is 4.88. The van der Waals surface area contributed by atoms with Gasteiger partial charge in [-0.3, -0.25) is 15.0 Å². The monoisotopic (exact) mass is 604 g/mol. The third kappa shape index (κ3) is 9.60. The smallest absolute Gasteiger partial charge is 0.337 e. The molecule has 0 aromatic heterocycles. The van der Waals surface area contributed by atoms with Crippen molar-refractivity contribution in [1.29, 1.82) is 5.26 Å². The van der Waals surface area contributed by atoms with E-state index in [4.69, 9.17) is 9.47 Å². The molecule has 4 rings (SSSR count). The molecule has 0 aliphatic carbocycles. The van der Waals surface area contributed by atoms with Crippen LogP contribution in [0.2, 0.25) is 0 Å². The minimum Gasteiger partial charge on any atom is -0.465 e. The van der Waals surface area contributed by atoms with Crippen molar-refractivity contribution in [2.45, 2.75) is 38.0 Å². The number of carbonyl (C=O) groups is 3. The SMILES string of the molecule is COC(=O)c1cccc(COC[C@@H](C#N)NC(=O)[C@H](Cc2cccc(C)c2)NNC(=O)C(c2ccccc2)c2ccccc2)c1. The van der Waals surface area contributed by atoms with Crippen molar-refractivity contribution in [3.63, 3.8) is 0 Å². The first kappa shape index (κ1) is 32.6. The van der Waals surface area contributed by atoms with Gasteiger partial charge in [0.25, 0.3) is 0 Å². The number of nitrogens with zero attached hydrogens (tertiary/aromatic N) is 1. The highest BCUT2D eigenvalue weighted by atomic mass is 16.5. The standard InChI is InChI=1S/C36H36N4O5/c1-25-11-9-12-26(19-25)21-32(39-40-35(42)33(28-14-5-3-6-15-28)29-16-7-4-8-17-29)34(41)38-31(22-37)24-45-23-27-13-10-18-30(20-27)36(43)44-2/h3-20,31-33,39H,21,23-24H2,1-2H3,(H,38,41)(H,40,42)/t31-,32+/m1/s1. The van der Waals surface area contributed by atoms with E-state index in [9.17, 15) is 19.6 Å². The predicted molar refractivity (Wildman–Crippen MR) is 170 cm³/mol. The van der Waals surface area contributed by atoms with E-state index < -0.39 is 29.9 Å². The lowest BCUT2D eigenvalue weighted by atomic mass is 9.91. The molecular formula is C36H36N4O5. The number of nitrogens with one attached hydrogen (secondary N) is 3. The molecule has 230 valence electrons. The quantitative estimate of drug-likeness (QED) is 0.144. The summed E-state index contributed by atoms with van der Waals surface area (Å²) in [5, 5.41) is 12.5.